The number of rotatable bonds is 8. The first-order valence-corrected chi connectivity index (χ1v) is 10.7. The fraction of sp³-hybridized carbons (Fsp3) is 0.0769. The molecular weight excluding hydrogens is 420 g/mol. The molecule has 0 saturated heterocycles. The summed E-state index contributed by atoms with van der Waals surface area (Å²) in [5, 5.41) is 5.86. The van der Waals surface area contributed by atoms with Crippen molar-refractivity contribution >= 4 is 40.5 Å². The lowest BCUT2D eigenvalue weighted by Gasteiger charge is -2.09. The van der Waals surface area contributed by atoms with Gasteiger partial charge >= 0.3 is 0 Å². The molecule has 1 heterocycles. The van der Waals surface area contributed by atoms with E-state index in [9.17, 15) is 0 Å². The van der Waals surface area contributed by atoms with Crippen molar-refractivity contribution in [3.05, 3.63) is 107 Å². The molecule has 0 saturated carbocycles. The fourth-order valence-corrected chi connectivity index (χ4v) is 3.47. The van der Waals surface area contributed by atoms with Gasteiger partial charge in [0, 0.05) is 16.0 Å². The van der Waals surface area contributed by atoms with Crippen LogP contribution in [-0.2, 0) is 6.61 Å². The molecule has 3 aromatic carbocycles. The molecule has 160 valence electrons. The summed E-state index contributed by atoms with van der Waals surface area (Å²) in [7, 11) is 0. The Morgan fingerprint density at radius 2 is 1.75 bits per heavy atom. The average Bonchev–Trinajstić information content (AvgIpc) is 2.84. The van der Waals surface area contributed by atoms with Gasteiger partial charge in [0.15, 0.2) is 0 Å². The Balaban J connectivity index is 1.48. The van der Waals surface area contributed by atoms with E-state index < -0.39 is 0 Å². The van der Waals surface area contributed by atoms with Gasteiger partial charge < -0.3 is 10.5 Å². The number of hydrogen-bond donors (Lipinski definition) is 2. The third-order valence-electron chi connectivity index (χ3n) is 4.98. The minimum absolute atomic E-state index is 0.413. The minimum atomic E-state index is 0.413. The number of fused-ring (bicyclic) bond motifs is 1. The van der Waals surface area contributed by atoms with Crippen LogP contribution in [0.1, 0.15) is 16.8 Å². The van der Waals surface area contributed by atoms with Crippen molar-refractivity contribution in [2.75, 3.05) is 6.54 Å². The molecule has 6 heteroatoms. The summed E-state index contributed by atoms with van der Waals surface area (Å²) < 4.78 is 5.96. The molecule has 1 aromatic heterocycles. The second kappa shape index (κ2) is 10.6. The van der Waals surface area contributed by atoms with Crippen molar-refractivity contribution in [2.24, 2.45) is 10.8 Å². The lowest BCUT2D eigenvalue weighted by Crippen LogP contribution is -2.78. The molecular formula is C26H24ClN4O+. The molecule has 0 spiro atoms. The summed E-state index contributed by atoms with van der Waals surface area (Å²) in [6, 6.07) is 27.9. The fourth-order valence-electron chi connectivity index (χ4n) is 3.34. The van der Waals surface area contributed by atoms with E-state index in [4.69, 9.17) is 22.1 Å². The number of quaternary nitrogens is 1. The molecule has 32 heavy (non-hydrogen) atoms. The van der Waals surface area contributed by atoms with Crippen LogP contribution in [0, 0.1) is 0 Å². The molecule has 0 fully saturated rings. The first-order valence-electron chi connectivity index (χ1n) is 10.3. The van der Waals surface area contributed by atoms with E-state index in [0.29, 0.717) is 18.2 Å². The van der Waals surface area contributed by atoms with Crippen molar-refractivity contribution in [3.8, 4) is 5.75 Å². The largest absolute Gasteiger partial charge is 0.487 e. The maximum Gasteiger partial charge on any atom is 0.142 e. The third-order valence-corrected chi connectivity index (χ3v) is 5.23. The molecule has 4 aromatic rings. The van der Waals surface area contributed by atoms with Gasteiger partial charge in [0.2, 0.25) is 0 Å². The van der Waals surface area contributed by atoms with E-state index in [0.717, 1.165) is 39.0 Å². The van der Waals surface area contributed by atoms with Crippen LogP contribution >= 0.6 is 11.6 Å². The first kappa shape index (κ1) is 21.6. The predicted octanol–water partition coefficient (Wildman–Crippen LogP) is 4.47. The number of ether oxygens (including phenoxy) is 1. The molecule has 5 nitrogen and oxygen atoms in total. The maximum atomic E-state index is 6.01. The SMILES string of the molecule is N/C=N\[NH2+]C/C(=C/c1ccc(Cl)cc1)c1ccc(OCc2ccc3ccccc3n2)cc1. The topological polar surface area (TPSA) is 77.1 Å². The predicted molar refractivity (Wildman–Crippen MR) is 131 cm³/mol. The molecule has 0 bridgehead atoms. The average molecular weight is 444 g/mol. The van der Waals surface area contributed by atoms with Gasteiger partial charge in [0.1, 0.15) is 25.2 Å². The molecule has 4 rings (SSSR count). The van der Waals surface area contributed by atoms with Gasteiger partial charge in [0.05, 0.1) is 11.2 Å². The number of benzene rings is 3. The van der Waals surface area contributed by atoms with Crippen molar-refractivity contribution in [2.45, 2.75) is 6.61 Å². The monoisotopic (exact) mass is 443 g/mol. The second-order valence-electron chi connectivity index (χ2n) is 7.21. The summed E-state index contributed by atoms with van der Waals surface area (Å²) >= 11 is 6.01. The van der Waals surface area contributed by atoms with Crippen LogP contribution in [0.5, 0.6) is 5.75 Å². The Bertz CT molecular complexity index is 1230. The third kappa shape index (κ3) is 5.72. The quantitative estimate of drug-likeness (QED) is 0.139. The zero-order chi connectivity index (χ0) is 22.2. The summed E-state index contributed by atoms with van der Waals surface area (Å²) in [5.41, 5.74) is 12.3. The van der Waals surface area contributed by atoms with Gasteiger partial charge in [-0.05, 0) is 53.6 Å². The van der Waals surface area contributed by atoms with Gasteiger partial charge in [-0.3, -0.25) is 0 Å². The first-order chi connectivity index (χ1) is 15.7. The van der Waals surface area contributed by atoms with Crippen LogP contribution in [0.2, 0.25) is 5.02 Å². The number of para-hydroxylation sites is 1. The highest BCUT2D eigenvalue weighted by molar-refractivity contribution is 6.30. The minimum Gasteiger partial charge on any atom is -0.487 e. The highest BCUT2D eigenvalue weighted by atomic mass is 35.5. The van der Waals surface area contributed by atoms with Crippen LogP contribution < -0.4 is 15.9 Å². The van der Waals surface area contributed by atoms with Crippen molar-refractivity contribution in [3.63, 3.8) is 0 Å². The van der Waals surface area contributed by atoms with Crippen molar-refractivity contribution < 1.29 is 10.2 Å². The molecule has 0 aliphatic carbocycles. The standard InChI is InChI=1S/C26H23ClN4O/c27-23-10-5-19(6-11-23)15-22(16-29-30-18-28)20-8-13-25(14-9-20)32-17-24-12-7-21-3-1-2-4-26(21)31-24/h1-15,18,29H,16-17H2,(H2,28,30)/p+1/b22-15-. The Morgan fingerprint density at radius 1 is 0.969 bits per heavy atom. The van der Waals surface area contributed by atoms with E-state index in [1.54, 1.807) is 5.43 Å². The van der Waals surface area contributed by atoms with E-state index >= 15 is 0 Å². The molecule has 0 radical (unpaired) electrons. The van der Waals surface area contributed by atoms with Gasteiger partial charge in [-0.15, -0.1) is 0 Å². The highest BCUT2D eigenvalue weighted by Crippen LogP contribution is 2.22. The molecule has 0 unspecified atom stereocenters. The van der Waals surface area contributed by atoms with E-state index in [-0.39, 0.29) is 0 Å². The number of halogens is 1. The normalized spacial score (nSPS) is 11.8. The molecule has 0 aliphatic heterocycles. The van der Waals surface area contributed by atoms with Crippen LogP contribution in [0.15, 0.2) is 90.0 Å². The Labute approximate surface area is 192 Å². The van der Waals surface area contributed by atoms with E-state index in [1.165, 1.54) is 6.34 Å². The van der Waals surface area contributed by atoms with Gasteiger partial charge in [-0.25, -0.2) is 10.4 Å². The number of nitrogens with two attached hydrogens (primary N) is 2. The summed E-state index contributed by atoms with van der Waals surface area (Å²) in [6.45, 7) is 1.06. The summed E-state index contributed by atoms with van der Waals surface area (Å²) in [4.78, 5) is 4.66. The highest BCUT2D eigenvalue weighted by Gasteiger charge is 2.06. The summed E-state index contributed by atoms with van der Waals surface area (Å²) in [5.74, 6) is 0.790. The van der Waals surface area contributed by atoms with Crippen LogP contribution in [0.25, 0.3) is 22.6 Å². The second-order valence-corrected chi connectivity index (χ2v) is 7.65. The molecule has 0 amide bonds. The van der Waals surface area contributed by atoms with Crippen LogP contribution in [0.4, 0.5) is 0 Å². The van der Waals surface area contributed by atoms with E-state index in [2.05, 4.69) is 28.3 Å². The van der Waals surface area contributed by atoms with Gasteiger partial charge in [0.25, 0.3) is 0 Å². The lowest BCUT2D eigenvalue weighted by atomic mass is 10.0. The number of aromatic nitrogens is 1. The zero-order valence-corrected chi connectivity index (χ0v) is 18.2. The zero-order valence-electron chi connectivity index (χ0n) is 17.5. The van der Waals surface area contributed by atoms with Crippen LogP contribution in [0.3, 0.4) is 0 Å². The van der Waals surface area contributed by atoms with Gasteiger partial charge in [-0.1, -0.05) is 65.2 Å². The van der Waals surface area contributed by atoms with E-state index in [1.807, 2.05) is 72.8 Å². The maximum absolute atomic E-state index is 6.01. The van der Waals surface area contributed by atoms with Gasteiger partial charge in [-0.2, -0.15) is 0 Å². The van der Waals surface area contributed by atoms with Crippen molar-refractivity contribution in [1.82, 2.24) is 4.98 Å². The molecule has 0 atom stereocenters. The Kier molecular flexibility index (Phi) is 7.12. The molecule has 0 aliphatic rings. The number of hydrogen-bond acceptors (Lipinski definition) is 3. The Hall–Kier alpha value is -3.67. The van der Waals surface area contributed by atoms with Crippen LogP contribution in [-0.4, -0.2) is 17.9 Å². The lowest BCUT2D eigenvalue weighted by molar-refractivity contribution is -0.649. The number of pyridine rings is 1. The summed E-state index contributed by atoms with van der Waals surface area (Å²) in [6.07, 6.45) is 3.41. The van der Waals surface area contributed by atoms with Crippen molar-refractivity contribution in [1.29, 1.82) is 0 Å². The smallest absolute Gasteiger partial charge is 0.142 e. The molecule has 4 N–H and O–H groups in total. The number of nitrogens with zero attached hydrogens (tertiary/aromatic N) is 2. The Morgan fingerprint density at radius 3 is 2.53 bits per heavy atom.